The highest BCUT2D eigenvalue weighted by molar-refractivity contribution is 6.67. The van der Waals surface area contributed by atoms with Crippen molar-refractivity contribution in [1.82, 2.24) is 0 Å². The summed E-state index contributed by atoms with van der Waals surface area (Å²) < 4.78 is 32.1. The van der Waals surface area contributed by atoms with Crippen LogP contribution in [0.25, 0.3) is 0 Å². The van der Waals surface area contributed by atoms with Crippen molar-refractivity contribution in [1.29, 1.82) is 0 Å². The van der Waals surface area contributed by atoms with Crippen molar-refractivity contribution in [2.45, 2.75) is 60.4 Å². The topological polar surface area (TPSA) is 55.4 Å². The van der Waals surface area contributed by atoms with Gasteiger partial charge in [0.25, 0.3) is 0 Å². The number of hydrogen-bond acceptors (Lipinski definition) is 6. The first kappa shape index (κ1) is 16.5. The van der Waals surface area contributed by atoms with Gasteiger partial charge >= 0.3 is 0 Å². The molecule has 0 aromatic rings. The summed E-state index contributed by atoms with van der Waals surface area (Å²) in [5, 5.41) is 0. The number of hydrogen-bond donors (Lipinski definition) is 0. The Labute approximate surface area is 137 Å². The fraction of sp³-hybridized carbons (Fsp3) is 1.00. The summed E-state index contributed by atoms with van der Waals surface area (Å²) in [4.78, 5) is 0. The smallest absolute Gasteiger partial charge is 0.241 e. The van der Waals surface area contributed by atoms with Crippen LogP contribution in [0.2, 0.25) is 0 Å². The number of fused-ring (bicyclic) bond motifs is 1. The first-order valence-corrected chi connectivity index (χ1v) is 7.72. The van der Waals surface area contributed by atoms with Crippen LogP contribution in [0.4, 0.5) is 0 Å². The van der Waals surface area contributed by atoms with Crippen LogP contribution in [0.1, 0.15) is 13.8 Å². The standard InChI is InChI=1S/C12H17Cl3O6/c1-11(2)17-4-5(21-11)6-7(16-3)8-9(18-6)20-10(19-8)12(13,14)15/h5-10H,4H2,1-3H3/t5-,6-,7+,8+,9+,10-/m1/s1. The van der Waals surface area contributed by atoms with Crippen molar-refractivity contribution in [2.24, 2.45) is 0 Å². The third-order valence-electron chi connectivity index (χ3n) is 3.68. The van der Waals surface area contributed by atoms with Crippen LogP contribution in [0.3, 0.4) is 0 Å². The van der Waals surface area contributed by atoms with Gasteiger partial charge in [-0.1, -0.05) is 34.8 Å². The molecule has 0 N–H and O–H groups in total. The Morgan fingerprint density at radius 3 is 2.33 bits per heavy atom. The fourth-order valence-corrected chi connectivity index (χ4v) is 3.11. The lowest BCUT2D eigenvalue weighted by molar-refractivity contribution is -0.203. The first-order valence-electron chi connectivity index (χ1n) is 6.59. The third kappa shape index (κ3) is 3.16. The molecule has 0 saturated carbocycles. The van der Waals surface area contributed by atoms with Gasteiger partial charge in [0.1, 0.15) is 24.4 Å². The SMILES string of the molecule is CO[C@@H]1[C@@H]2O[C@@H](C(Cl)(Cl)Cl)O[C@@H]2O[C@@H]1[C@H]1COC(C)(C)O1. The van der Waals surface area contributed by atoms with E-state index < -0.39 is 34.4 Å². The second-order valence-corrected chi connectivity index (χ2v) is 8.02. The fourth-order valence-electron chi connectivity index (χ4n) is 2.80. The molecule has 0 aromatic heterocycles. The van der Waals surface area contributed by atoms with Crippen LogP contribution in [0.15, 0.2) is 0 Å². The van der Waals surface area contributed by atoms with Crippen molar-refractivity contribution >= 4 is 34.8 Å². The van der Waals surface area contributed by atoms with E-state index in [1.54, 1.807) is 7.11 Å². The molecule has 3 saturated heterocycles. The minimum absolute atomic E-state index is 0.269. The summed E-state index contributed by atoms with van der Waals surface area (Å²) in [5.41, 5.74) is 0. The highest BCUT2D eigenvalue weighted by Gasteiger charge is 2.59. The molecule has 3 heterocycles. The number of rotatable bonds is 2. The molecule has 0 unspecified atom stereocenters. The zero-order chi connectivity index (χ0) is 15.4. The summed E-state index contributed by atoms with van der Waals surface area (Å²) in [6.07, 6.45) is -3.17. The Morgan fingerprint density at radius 2 is 1.81 bits per heavy atom. The predicted octanol–water partition coefficient (Wildman–Crippen LogP) is 1.99. The van der Waals surface area contributed by atoms with E-state index in [0.29, 0.717) is 6.61 Å². The van der Waals surface area contributed by atoms with Gasteiger partial charge in [-0.25, -0.2) is 0 Å². The quantitative estimate of drug-likeness (QED) is 0.699. The van der Waals surface area contributed by atoms with E-state index >= 15 is 0 Å². The number of ether oxygens (including phenoxy) is 6. The highest BCUT2D eigenvalue weighted by atomic mass is 35.6. The Balaban J connectivity index is 1.69. The lowest BCUT2D eigenvalue weighted by Gasteiger charge is -2.27. The van der Waals surface area contributed by atoms with Gasteiger partial charge in [-0.15, -0.1) is 0 Å². The molecule has 3 aliphatic heterocycles. The molecule has 9 heteroatoms. The number of halogens is 3. The van der Waals surface area contributed by atoms with Gasteiger partial charge in [-0.3, -0.25) is 0 Å². The molecule has 0 aromatic carbocycles. The van der Waals surface area contributed by atoms with Gasteiger partial charge < -0.3 is 28.4 Å². The molecular formula is C12H17Cl3O6. The molecule has 0 spiro atoms. The lowest BCUT2D eigenvalue weighted by Crippen LogP contribution is -2.43. The predicted molar refractivity (Wildman–Crippen MR) is 74.4 cm³/mol. The molecule has 3 aliphatic rings. The van der Waals surface area contributed by atoms with E-state index in [0.717, 1.165) is 0 Å². The van der Waals surface area contributed by atoms with Gasteiger partial charge in [0.05, 0.1) is 6.61 Å². The van der Waals surface area contributed by atoms with Crippen LogP contribution in [0.5, 0.6) is 0 Å². The monoisotopic (exact) mass is 362 g/mol. The number of alkyl halides is 3. The molecule has 0 aliphatic carbocycles. The van der Waals surface area contributed by atoms with E-state index in [2.05, 4.69) is 0 Å². The van der Waals surface area contributed by atoms with E-state index in [1.807, 2.05) is 13.8 Å². The van der Waals surface area contributed by atoms with Crippen LogP contribution >= 0.6 is 34.8 Å². The maximum Gasteiger partial charge on any atom is 0.241 e. The van der Waals surface area contributed by atoms with Gasteiger partial charge in [-0.2, -0.15) is 0 Å². The Kier molecular flexibility index (Phi) is 4.41. The molecule has 0 bridgehead atoms. The van der Waals surface area contributed by atoms with Crippen molar-refractivity contribution in [3.8, 4) is 0 Å². The van der Waals surface area contributed by atoms with E-state index in [9.17, 15) is 0 Å². The summed E-state index contributed by atoms with van der Waals surface area (Å²) in [6, 6.07) is 0. The van der Waals surface area contributed by atoms with Gasteiger partial charge in [0.15, 0.2) is 12.1 Å². The molecule has 21 heavy (non-hydrogen) atoms. The maximum absolute atomic E-state index is 5.84. The summed E-state index contributed by atoms with van der Waals surface area (Å²) in [7, 11) is 1.57. The minimum Gasteiger partial charge on any atom is -0.376 e. The third-order valence-corrected chi connectivity index (χ3v) is 4.22. The van der Waals surface area contributed by atoms with Gasteiger partial charge in [0, 0.05) is 7.11 Å². The summed E-state index contributed by atoms with van der Waals surface area (Å²) >= 11 is 17.3. The summed E-state index contributed by atoms with van der Waals surface area (Å²) in [5.74, 6) is -0.647. The van der Waals surface area contributed by atoms with Crippen molar-refractivity contribution in [3.05, 3.63) is 0 Å². The zero-order valence-electron chi connectivity index (χ0n) is 11.8. The van der Waals surface area contributed by atoms with E-state index in [-0.39, 0.29) is 12.2 Å². The Bertz CT molecular complexity index is 401. The molecule has 3 rings (SSSR count). The molecule has 0 amide bonds. The molecule has 6 atom stereocenters. The van der Waals surface area contributed by atoms with Crippen LogP contribution in [0, 0.1) is 0 Å². The van der Waals surface area contributed by atoms with E-state index in [1.165, 1.54) is 0 Å². The second kappa shape index (κ2) is 5.61. The van der Waals surface area contributed by atoms with E-state index in [4.69, 9.17) is 63.2 Å². The zero-order valence-corrected chi connectivity index (χ0v) is 14.0. The molecule has 6 nitrogen and oxygen atoms in total. The normalized spacial score (nSPS) is 46.0. The van der Waals surface area contributed by atoms with Crippen LogP contribution < -0.4 is 0 Å². The van der Waals surface area contributed by atoms with Crippen LogP contribution in [-0.2, 0) is 28.4 Å². The lowest BCUT2D eigenvalue weighted by atomic mass is 10.1. The van der Waals surface area contributed by atoms with Crippen molar-refractivity contribution < 1.29 is 28.4 Å². The molecule has 3 fully saturated rings. The minimum atomic E-state index is -1.68. The maximum atomic E-state index is 5.84. The summed E-state index contributed by atoms with van der Waals surface area (Å²) in [6.45, 7) is 4.10. The Morgan fingerprint density at radius 1 is 1.10 bits per heavy atom. The average Bonchev–Trinajstić information content (AvgIpc) is 2.98. The second-order valence-electron chi connectivity index (χ2n) is 5.65. The molecule has 0 radical (unpaired) electrons. The number of methoxy groups -OCH3 is 1. The largest absolute Gasteiger partial charge is 0.376 e. The molecular weight excluding hydrogens is 346 g/mol. The van der Waals surface area contributed by atoms with Crippen LogP contribution in [-0.4, -0.2) is 60.3 Å². The molecule has 122 valence electrons. The highest BCUT2D eigenvalue weighted by Crippen LogP contribution is 2.44. The van der Waals surface area contributed by atoms with Gasteiger partial charge in [0.2, 0.25) is 10.1 Å². The average molecular weight is 364 g/mol. The van der Waals surface area contributed by atoms with Gasteiger partial charge in [-0.05, 0) is 13.8 Å². The Hall–Kier alpha value is 0.630. The van der Waals surface area contributed by atoms with Crippen molar-refractivity contribution in [3.63, 3.8) is 0 Å². The first-order chi connectivity index (χ1) is 9.71. The van der Waals surface area contributed by atoms with Crippen molar-refractivity contribution in [2.75, 3.05) is 13.7 Å².